The zero-order valence-electron chi connectivity index (χ0n) is 12.2. The maximum Gasteiger partial charge on any atom is 0.258 e. The molecule has 0 amide bonds. The molecule has 1 aliphatic rings. The monoisotopic (exact) mass is 305 g/mol. The molecule has 3 rings (SSSR count). The van der Waals surface area contributed by atoms with Crippen LogP contribution in [-0.4, -0.2) is 10.1 Å². The Morgan fingerprint density at radius 3 is 2.52 bits per heavy atom. The summed E-state index contributed by atoms with van der Waals surface area (Å²) in [7, 11) is 0. The lowest BCUT2D eigenvalue weighted by Crippen LogP contribution is -2.37. The molecule has 0 atom stereocenters. The Labute approximate surface area is 129 Å². The molecule has 0 spiro atoms. The van der Waals surface area contributed by atoms with E-state index in [1.165, 1.54) is 12.8 Å². The van der Waals surface area contributed by atoms with Crippen LogP contribution in [0.5, 0.6) is 0 Å². The number of rotatable bonds is 2. The number of nitrogens with zero attached hydrogens (tertiary/aromatic N) is 2. The van der Waals surface area contributed by atoms with Gasteiger partial charge in [0.2, 0.25) is 0 Å². The number of halogens is 1. The van der Waals surface area contributed by atoms with Crippen molar-refractivity contribution in [2.24, 2.45) is 5.73 Å². The molecule has 0 bridgehead atoms. The molecule has 0 aliphatic heterocycles. The summed E-state index contributed by atoms with van der Waals surface area (Å²) in [5.41, 5.74) is 7.98. The lowest BCUT2D eigenvalue weighted by Gasteiger charge is -2.23. The molecule has 1 aromatic carbocycles. The van der Waals surface area contributed by atoms with E-state index < -0.39 is 5.54 Å². The Balaban J connectivity index is 1.92. The molecule has 0 radical (unpaired) electrons. The molecule has 5 heteroatoms. The number of aryl methyl sites for hydroxylation is 1. The minimum Gasteiger partial charge on any atom is -0.334 e. The minimum atomic E-state index is -0.453. The SMILES string of the molecule is Cc1cc(Cl)cc(-c2nc(C3(N)CCCCCC3)no2)c1. The molecule has 1 aromatic heterocycles. The van der Waals surface area contributed by atoms with Crippen LogP contribution in [0.4, 0.5) is 0 Å². The number of nitrogens with two attached hydrogens (primary N) is 1. The second kappa shape index (κ2) is 5.78. The van der Waals surface area contributed by atoms with Crippen molar-refractivity contribution in [1.82, 2.24) is 10.1 Å². The Bertz CT molecular complexity index is 610. The fourth-order valence-electron chi connectivity index (χ4n) is 2.99. The Morgan fingerprint density at radius 2 is 1.86 bits per heavy atom. The summed E-state index contributed by atoms with van der Waals surface area (Å²) in [6.45, 7) is 1.99. The van der Waals surface area contributed by atoms with E-state index in [1.807, 2.05) is 25.1 Å². The largest absolute Gasteiger partial charge is 0.334 e. The molecule has 2 N–H and O–H groups in total. The molecule has 0 saturated heterocycles. The van der Waals surface area contributed by atoms with Crippen LogP contribution in [0.2, 0.25) is 5.02 Å². The van der Waals surface area contributed by atoms with E-state index in [0.29, 0.717) is 16.7 Å². The molecule has 112 valence electrons. The Kier molecular flexibility index (Phi) is 4.00. The first-order chi connectivity index (χ1) is 10.1. The first-order valence-electron chi connectivity index (χ1n) is 7.47. The minimum absolute atomic E-state index is 0.453. The van der Waals surface area contributed by atoms with Gasteiger partial charge in [-0.3, -0.25) is 0 Å². The summed E-state index contributed by atoms with van der Waals surface area (Å²) in [5, 5.41) is 4.80. The van der Waals surface area contributed by atoms with Crippen molar-refractivity contribution in [3.05, 3.63) is 34.6 Å². The van der Waals surface area contributed by atoms with E-state index in [-0.39, 0.29) is 0 Å². The van der Waals surface area contributed by atoms with Crippen LogP contribution in [0.1, 0.15) is 49.9 Å². The quantitative estimate of drug-likeness (QED) is 0.844. The van der Waals surface area contributed by atoms with Crippen molar-refractivity contribution in [1.29, 1.82) is 0 Å². The van der Waals surface area contributed by atoms with Crippen LogP contribution in [0, 0.1) is 6.92 Å². The highest BCUT2D eigenvalue weighted by molar-refractivity contribution is 6.30. The van der Waals surface area contributed by atoms with Gasteiger partial charge in [0, 0.05) is 10.6 Å². The number of hydrogen-bond acceptors (Lipinski definition) is 4. The van der Waals surface area contributed by atoms with Gasteiger partial charge in [0.15, 0.2) is 5.82 Å². The topological polar surface area (TPSA) is 64.9 Å². The first kappa shape index (κ1) is 14.5. The van der Waals surface area contributed by atoms with Crippen LogP contribution in [-0.2, 0) is 5.54 Å². The maximum absolute atomic E-state index is 6.52. The molecule has 1 heterocycles. The lowest BCUT2D eigenvalue weighted by molar-refractivity contribution is 0.334. The third-order valence-corrected chi connectivity index (χ3v) is 4.37. The van der Waals surface area contributed by atoms with E-state index in [0.717, 1.165) is 36.8 Å². The van der Waals surface area contributed by atoms with Crippen molar-refractivity contribution in [2.45, 2.75) is 51.0 Å². The number of hydrogen-bond donors (Lipinski definition) is 1. The third kappa shape index (κ3) is 3.11. The highest BCUT2D eigenvalue weighted by Crippen LogP contribution is 2.33. The van der Waals surface area contributed by atoms with Crippen LogP contribution in [0.15, 0.2) is 22.7 Å². The molecule has 2 aromatic rings. The van der Waals surface area contributed by atoms with Crippen molar-refractivity contribution >= 4 is 11.6 Å². The molecule has 1 aliphatic carbocycles. The maximum atomic E-state index is 6.52. The standard InChI is InChI=1S/C16H20ClN3O/c1-11-8-12(10-13(17)9-11)14-19-15(20-21-14)16(18)6-4-2-3-5-7-16/h8-10H,2-7,18H2,1H3. The van der Waals surface area contributed by atoms with Gasteiger partial charge in [-0.05, 0) is 43.5 Å². The van der Waals surface area contributed by atoms with Gasteiger partial charge in [-0.25, -0.2) is 0 Å². The second-order valence-electron chi connectivity index (χ2n) is 6.01. The highest BCUT2D eigenvalue weighted by Gasteiger charge is 2.33. The zero-order chi connectivity index (χ0) is 14.9. The van der Waals surface area contributed by atoms with E-state index in [9.17, 15) is 0 Å². The van der Waals surface area contributed by atoms with Crippen molar-refractivity contribution in [3.63, 3.8) is 0 Å². The zero-order valence-corrected chi connectivity index (χ0v) is 13.0. The molecule has 0 unspecified atom stereocenters. The Morgan fingerprint density at radius 1 is 1.14 bits per heavy atom. The van der Waals surface area contributed by atoms with Crippen molar-refractivity contribution in [2.75, 3.05) is 0 Å². The van der Waals surface area contributed by atoms with E-state index >= 15 is 0 Å². The fraction of sp³-hybridized carbons (Fsp3) is 0.500. The van der Waals surface area contributed by atoms with Crippen LogP contribution in [0.25, 0.3) is 11.5 Å². The number of benzene rings is 1. The first-order valence-corrected chi connectivity index (χ1v) is 7.85. The molecule has 1 saturated carbocycles. The van der Waals surface area contributed by atoms with Gasteiger partial charge in [0.25, 0.3) is 5.89 Å². The average molecular weight is 306 g/mol. The van der Waals surface area contributed by atoms with Gasteiger partial charge < -0.3 is 10.3 Å². The van der Waals surface area contributed by atoms with Gasteiger partial charge in [-0.1, -0.05) is 42.4 Å². The van der Waals surface area contributed by atoms with Crippen LogP contribution in [0.3, 0.4) is 0 Å². The second-order valence-corrected chi connectivity index (χ2v) is 6.45. The molecule has 1 fully saturated rings. The van der Waals surface area contributed by atoms with Gasteiger partial charge in [-0.15, -0.1) is 0 Å². The number of aromatic nitrogens is 2. The molecular formula is C16H20ClN3O. The van der Waals surface area contributed by atoms with E-state index in [1.54, 1.807) is 0 Å². The smallest absolute Gasteiger partial charge is 0.258 e. The summed E-state index contributed by atoms with van der Waals surface area (Å²) in [6.07, 6.45) is 6.54. The molecule has 21 heavy (non-hydrogen) atoms. The summed E-state index contributed by atoms with van der Waals surface area (Å²) in [4.78, 5) is 4.54. The van der Waals surface area contributed by atoms with E-state index in [4.69, 9.17) is 21.9 Å². The molecular weight excluding hydrogens is 286 g/mol. The van der Waals surface area contributed by atoms with E-state index in [2.05, 4.69) is 10.1 Å². The van der Waals surface area contributed by atoms with Crippen molar-refractivity contribution in [3.8, 4) is 11.5 Å². The molecule has 4 nitrogen and oxygen atoms in total. The van der Waals surface area contributed by atoms with Gasteiger partial charge in [0.1, 0.15) is 0 Å². The highest BCUT2D eigenvalue weighted by atomic mass is 35.5. The predicted molar refractivity (Wildman–Crippen MR) is 83.0 cm³/mol. The Hall–Kier alpha value is -1.39. The van der Waals surface area contributed by atoms with Gasteiger partial charge >= 0.3 is 0 Å². The average Bonchev–Trinajstić information content (AvgIpc) is 2.83. The normalized spacial score (nSPS) is 18.4. The van der Waals surface area contributed by atoms with Crippen LogP contribution < -0.4 is 5.73 Å². The van der Waals surface area contributed by atoms with Gasteiger partial charge in [0.05, 0.1) is 5.54 Å². The predicted octanol–water partition coefficient (Wildman–Crippen LogP) is 4.21. The van der Waals surface area contributed by atoms with Gasteiger partial charge in [-0.2, -0.15) is 4.98 Å². The summed E-state index contributed by atoms with van der Waals surface area (Å²) in [5.74, 6) is 1.11. The summed E-state index contributed by atoms with van der Waals surface area (Å²) >= 11 is 6.09. The van der Waals surface area contributed by atoms with Crippen molar-refractivity contribution < 1.29 is 4.52 Å². The summed E-state index contributed by atoms with van der Waals surface area (Å²) in [6, 6.07) is 5.72. The summed E-state index contributed by atoms with van der Waals surface area (Å²) < 4.78 is 5.42. The fourth-order valence-corrected chi connectivity index (χ4v) is 3.28. The third-order valence-electron chi connectivity index (χ3n) is 4.16. The van der Waals surface area contributed by atoms with Crippen LogP contribution >= 0.6 is 11.6 Å². The lowest BCUT2D eigenvalue weighted by atomic mass is 9.91.